The lowest BCUT2D eigenvalue weighted by atomic mass is 9.98. The lowest BCUT2D eigenvalue weighted by Crippen LogP contribution is -2.33. The number of thiophene rings is 1. The van der Waals surface area contributed by atoms with E-state index in [1.165, 1.54) is 24.2 Å². The van der Waals surface area contributed by atoms with Crippen molar-refractivity contribution in [2.24, 2.45) is 11.8 Å². The fourth-order valence-corrected chi connectivity index (χ4v) is 3.61. The Bertz CT molecular complexity index is 633. The van der Waals surface area contributed by atoms with E-state index in [1.54, 1.807) is 0 Å². The summed E-state index contributed by atoms with van der Waals surface area (Å²) in [5.74, 6) is 2.21. The zero-order valence-corrected chi connectivity index (χ0v) is 12.1. The van der Waals surface area contributed by atoms with Crippen molar-refractivity contribution < 1.29 is 0 Å². The van der Waals surface area contributed by atoms with Crippen LogP contribution in [-0.4, -0.2) is 16.0 Å². The van der Waals surface area contributed by atoms with E-state index in [2.05, 4.69) is 29.1 Å². The zero-order valence-electron chi connectivity index (χ0n) is 11.3. The van der Waals surface area contributed by atoms with Crippen LogP contribution in [0.1, 0.15) is 32.5 Å². The van der Waals surface area contributed by atoms with Gasteiger partial charge in [0, 0.05) is 6.04 Å². The number of H-pyrrole nitrogens is 1. The summed E-state index contributed by atoms with van der Waals surface area (Å²) in [6.07, 6.45) is 2.50. The Kier molecular flexibility index (Phi) is 3.41. The molecule has 0 radical (unpaired) electrons. The van der Waals surface area contributed by atoms with Crippen molar-refractivity contribution in [3.8, 4) is 0 Å². The molecule has 0 bridgehead atoms. The van der Waals surface area contributed by atoms with Crippen LogP contribution < -0.4 is 10.9 Å². The SMILES string of the molecule is CC1CCC(NCc2nc3ccsc3c(=O)[nH]2)C1C. The minimum absolute atomic E-state index is 0.0235. The van der Waals surface area contributed by atoms with Crippen LogP contribution in [0.3, 0.4) is 0 Å². The van der Waals surface area contributed by atoms with Gasteiger partial charge in [-0.05, 0) is 36.1 Å². The lowest BCUT2D eigenvalue weighted by molar-refractivity contribution is 0.367. The molecule has 19 heavy (non-hydrogen) atoms. The molecule has 2 N–H and O–H groups in total. The van der Waals surface area contributed by atoms with Gasteiger partial charge in [0.15, 0.2) is 0 Å². The highest BCUT2D eigenvalue weighted by molar-refractivity contribution is 7.17. The normalized spacial score (nSPS) is 27.2. The third-order valence-corrected chi connectivity index (χ3v) is 5.26. The van der Waals surface area contributed by atoms with Crippen molar-refractivity contribution in [2.75, 3.05) is 0 Å². The molecule has 1 saturated carbocycles. The van der Waals surface area contributed by atoms with Gasteiger partial charge in [0.1, 0.15) is 10.5 Å². The highest BCUT2D eigenvalue weighted by Gasteiger charge is 2.29. The van der Waals surface area contributed by atoms with Gasteiger partial charge in [-0.2, -0.15) is 0 Å². The molecule has 0 aromatic carbocycles. The second-order valence-electron chi connectivity index (χ2n) is 5.55. The first kappa shape index (κ1) is 12.8. The Hall–Kier alpha value is -1.20. The maximum Gasteiger partial charge on any atom is 0.268 e. The lowest BCUT2D eigenvalue weighted by Gasteiger charge is -2.19. The molecule has 5 heteroatoms. The molecule has 0 amide bonds. The molecular weight excluding hydrogens is 258 g/mol. The van der Waals surface area contributed by atoms with Gasteiger partial charge in [-0.3, -0.25) is 4.79 Å². The van der Waals surface area contributed by atoms with Crippen molar-refractivity contribution in [3.05, 3.63) is 27.6 Å². The van der Waals surface area contributed by atoms with Crippen LogP contribution in [0.25, 0.3) is 10.2 Å². The minimum atomic E-state index is -0.0235. The number of aromatic amines is 1. The molecule has 2 aromatic rings. The number of rotatable bonds is 3. The fraction of sp³-hybridized carbons (Fsp3) is 0.571. The summed E-state index contributed by atoms with van der Waals surface area (Å²) in [5.41, 5.74) is 0.781. The van der Waals surface area contributed by atoms with Crippen molar-refractivity contribution in [1.29, 1.82) is 0 Å². The molecule has 4 nitrogen and oxygen atoms in total. The van der Waals surface area contributed by atoms with Crippen LogP contribution in [0.15, 0.2) is 16.2 Å². The van der Waals surface area contributed by atoms with Gasteiger partial charge < -0.3 is 10.3 Å². The summed E-state index contributed by atoms with van der Waals surface area (Å²) in [7, 11) is 0. The van der Waals surface area contributed by atoms with Gasteiger partial charge in [-0.1, -0.05) is 13.8 Å². The Morgan fingerprint density at radius 3 is 3.05 bits per heavy atom. The molecular formula is C14H19N3OS. The summed E-state index contributed by atoms with van der Waals surface area (Å²) in [5, 5.41) is 5.44. The summed E-state index contributed by atoms with van der Waals surface area (Å²) in [4.78, 5) is 19.2. The first-order valence-electron chi connectivity index (χ1n) is 6.85. The number of hydrogen-bond acceptors (Lipinski definition) is 4. The van der Waals surface area contributed by atoms with E-state index < -0.39 is 0 Å². The molecule has 0 spiro atoms. The highest BCUT2D eigenvalue weighted by atomic mass is 32.1. The topological polar surface area (TPSA) is 57.8 Å². The molecule has 1 aliphatic carbocycles. The Morgan fingerprint density at radius 1 is 1.47 bits per heavy atom. The minimum Gasteiger partial charge on any atom is -0.308 e. The van der Waals surface area contributed by atoms with Crippen molar-refractivity contribution in [1.82, 2.24) is 15.3 Å². The smallest absolute Gasteiger partial charge is 0.268 e. The summed E-state index contributed by atoms with van der Waals surface area (Å²) in [6.45, 7) is 5.25. The van der Waals surface area contributed by atoms with Crippen LogP contribution in [0, 0.1) is 11.8 Å². The largest absolute Gasteiger partial charge is 0.308 e. The van der Waals surface area contributed by atoms with Gasteiger partial charge in [0.05, 0.1) is 12.1 Å². The monoisotopic (exact) mass is 277 g/mol. The van der Waals surface area contributed by atoms with Crippen molar-refractivity contribution >= 4 is 21.6 Å². The molecule has 3 rings (SSSR count). The molecule has 1 aliphatic rings. The summed E-state index contributed by atoms with van der Waals surface area (Å²) in [6, 6.07) is 2.44. The maximum absolute atomic E-state index is 11.9. The third-order valence-electron chi connectivity index (χ3n) is 4.36. The summed E-state index contributed by atoms with van der Waals surface area (Å²) >= 11 is 1.44. The van der Waals surface area contributed by atoms with E-state index in [4.69, 9.17) is 0 Å². The molecule has 3 atom stereocenters. The van der Waals surface area contributed by atoms with E-state index in [-0.39, 0.29) is 5.56 Å². The van der Waals surface area contributed by atoms with Gasteiger partial charge in [0.2, 0.25) is 0 Å². The molecule has 102 valence electrons. The molecule has 1 fully saturated rings. The first-order valence-corrected chi connectivity index (χ1v) is 7.73. The zero-order chi connectivity index (χ0) is 13.4. The van der Waals surface area contributed by atoms with Crippen LogP contribution >= 0.6 is 11.3 Å². The Balaban J connectivity index is 1.73. The van der Waals surface area contributed by atoms with Gasteiger partial charge >= 0.3 is 0 Å². The quantitative estimate of drug-likeness (QED) is 0.906. The average molecular weight is 277 g/mol. The van der Waals surface area contributed by atoms with E-state index in [0.717, 1.165) is 17.3 Å². The van der Waals surface area contributed by atoms with E-state index >= 15 is 0 Å². The van der Waals surface area contributed by atoms with E-state index in [9.17, 15) is 4.79 Å². The van der Waals surface area contributed by atoms with Crippen molar-refractivity contribution in [2.45, 2.75) is 39.3 Å². The van der Waals surface area contributed by atoms with Gasteiger partial charge in [0.25, 0.3) is 5.56 Å². The Morgan fingerprint density at radius 2 is 2.32 bits per heavy atom. The first-order chi connectivity index (χ1) is 9.15. The predicted octanol–water partition coefficient (Wildman–Crippen LogP) is 2.51. The third kappa shape index (κ3) is 2.44. The number of aromatic nitrogens is 2. The predicted molar refractivity (Wildman–Crippen MR) is 78.4 cm³/mol. The van der Waals surface area contributed by atoms with Crippen LogP contribution in [0.5, 0.6) is 0 Å². The van der Waals surface area contributed by atoms with Crippen LogP contribution in [0.4, 0.5) is 0 Å². The number of nitrogens with one attached hydrogen (secondary N) is 2. The van der Waals surface area contributed by atoms with Gasteiger partial charge in [-0.25, -0.2) is 4.98 Å². The Labute approximate surface area is 116 Å². The highest BCUT2D eigenvalue weighted by Crippen LogP contribution is 2.31. The van der Waals surface area contributed by atoms with E-state index in [1.807, 2.05) is 11.4 Å². The number of hydrogen-bond donors (Lipinski definition) is 2. The van der Waals surface area contributed by atoms with E-state index in [0.29, 0.717) is 23.2 Å². The second-order valence-corrected chi connectivity index (χ2v) is 6.46. The van der Waals surface area contributed by atoms with Crippen molar-refractivity contribution in [3.63, 3.8) is 0 Å². The molecule has 3 unspecified atom stereocenters. The van der Waals surface area contributed by atoms with Crippen LogP contribution in [-0.2, 0) is 6.54 Å². The molecule has 2 aromatic heterocycles. The van der Waals surface area contributed by atoms with Crippen LogP contribution in [0.2, 0.25) is 0 Å². The molecule has 2 heterocycles. The fourth-order valence-electron chi connectivity index (χ4n) is 2.89. The number of fused-ring (bicyclic) bond motifs is 1. The average Bonchev–Trinajstić information content (AvgIpc) is 2.97. The standard InChI is InChI=1S/C14H19N3OS/c1-8-3-4-10(9(8)2)15-7-12-16-11-5-6-19-13(11)14(18)17-12/h5-6,8-10,15H,3-4,7H2,1-2H3,(H,16,17,18). The summed E-state index contributed by atoms with van der Waals surface area (Å²) < 4.78 is 0.714. The molecule has 0 saturated heterocycles. The van der Waals surface area contributed by atoms with Gasteiger partial charge in [-0.15, -0.1) is 11.3 Å². The number of nitrogens with zero attached hydrogens (tertiary/aromatic N) is 1. The molecule has 0 aliphatic heterocycles. The maximum atomic E-state index is 11.9. The second kappa shape index (κ2) is 5.06.